The summed E-state index contributed by atoms with van der Waals surface area (Å²) in [6.45, 7) is 0. The van der Waals surface area contributed by atoms with Gasteiger partial charge in [0.2, 0.25) is 0 Å². The van der Waals surface area contributed by atoms with E-state index >= 15 is 0 Å². The van der Waals surface area contributed by atoms with Gasteiger partial charge < -0.3 is 9.47 Å². The fourth-order valence-electron chi connectivity index (χ4n) is 1.72. The van der Waals surface area contributed by atoms with E-state index in [2.05, 4.69) is 0 Å². The monoisotopic (exact) mass is 274 g/mol. The zero-order valence-electron chi connectivity index (χ0n) is 11.1. The van der Waals surface area contributed by atoms with Gasteiger partial charge in [0.1, 0.15) is 17.3 Å². The Bertz CT molecular complexity index is 561. The van der Waals surface area contributed by atoms with Crippen LogP contribution in [0, 0.1) is 5.82 Å². The zero-order chi connectivity index (χ0) is 14.4. The Morgan fingerprint density at radius 3 is 2.20 bits per heavy atom. The van der Waals surface area contributed by atoms with E-state index in [-0.39, 0.29) is 18.2 Å². The highest BCUT2D eigenvalue weighted by Crippen LogP contribution is 2.17. The smallest absolute Gasteiger partial charge is 0.311 e. The van der Waals surface area contributed by atoms with Crippen LogP contribution >= 0.6 is 0 Å². The molecule has 0 aromatic heterocycles. The van der Waals surface area contributed by atoms with Crippen LogP contribution < -0.4 is 9.47 Å². The fourth-order valence-corrected chi connectivity index (χ4v) is 1.72. The molecule has 2 rings (SSSR count). The van der Waals surface area contributed by atoms with Crippen LogP contribution in [0.4, 0.5) is 4.39 Å². The van der Waals surface area contributed by atoms with E-state index in [9.17, 15) is 9.18 Å². The van der Waals surface area contributed by atoms with Crippen LogP contribution in [-0.4, -0.2) is 13.1 Å². The van der Waals surface area contributed by atoms with Gasteiger partial charge in [-0.2, -0.15) is 0 Å². The third-order valence-electron chi connectivity index (χ3n) is 2.82. The summed E-state index contributed by atoms with van der Waals surface area (Å²) >= 11 is 0. The lowest BCUT2D eigenvalue weighted by Crippen LogP contribution is -2.09. The van der Waals surface area contributed by atoms with Crippen LogP contribution in [0.1, 0.15) is 12.0 Å². The van der Waals surface area contributed by atoms with Crippen molar-refractivity contribution in [2.24, 2.45) is 0 Å². The Hall–Kier alpha value is -2.36. The molecule has 0 spiro atoms. The molecule has 2 aromatic rings. The van der Waals surface area contributed by atoms with Crippen LogP contribution in [0.5, 0.6) is 11.5 Å². The van der Waals surface area contributed by atoms with E-state index < -0.39 is 0 Å². The molecule has 0 atom stereocenters. The van der Waals surface area contributed by atoms with Gasteiger partial charge in [-0.1, -0.05) is 12.1 Å². The van der Waals surface area contributed by atoms with E-state index in [0.717, 1.165) is 5.56 Å². The van der Waals surface area contributed by atoms with Crippen molar-refractivity contribution in [3.05, 3.63) is 59.9 Å². The summed E-state index contributed by atoms with van der Waals surface area (Å²) in [7, 11) is 1.57. The maximum Gasteiger partial charge on any atom is 0.311 e. The Balaban J connectivity index is 1.84. The minimum atomic E-state index is -0.320. The molecule has 2 aromatic carbocycles. The van der Waals surface area contributed by atoms with Crippen LogP contribution in [0.2, 0.25) is 0 Å². The number of halogens is 1. The van der Waals surface area contributed by atoms with E-state index in [0.29, 0.717) is 17.9 Å². The highest BCUT2D eigenvalue weighted by molar-refractivity contribution is 5.72. The molecule has 0 saturated carbocycles. The van der Waals surface area contributed by atoms with Gasteiger partial charge in [0.05, 0.1) is 7.11 Å². The number of hydrogen-bond acceptors (Lipinski definition) is 3. The Morgan fingerprint density at radius 1 is 1.00 bits per heavy atom. The Morgan fingerprint density at radius 2 is 1.60 bits per heavy atom. The van der Waals surface area contributed by atoms with Crippen LogP contribution in [0.15, 0.2) is 48.5 Å². The summed E-state index contributed by atoms with van der Waals surface area (Å²) in [4.78, 5) is 11.7. The topological polar surface area (TPSA) is 35.5 Å². The molecule has 0 bridgehead atoms. The number of ether oxygens (including phenoxy) is 2. The molecule has 0 N–H and O–H groups in total. The number of aryl methyl sites for hydroxylation is 1. The van der Waals surface area contributed by atoms with Crippen molar-refractivity contribution in [1.29, 1.82) is 0 Å². The number of methoxy groups -OCH3 is 1. The van der Waals surface area contributed by atoms with Crippen molar-refractivity contribution in [3.8, 4) is 11.5 Å². The van der Waals surface area contributed by atoms with Crippen molar-refractivity contribution >= 4 is 5.97 Å². The van der Waals surface area contributed by atoms with Gasteiger partial charge in [0, 0.05) is 6.42 Å². The lowest BCUT2D eigenvalue weighted by molar-refractivity contribution is -0.134. The number of esters is 1. The minimum absolute atomic E-state index is 0.248. The van der Waals surface area contributed by atoms with Crippen molar-refractivity contribution in [2.75, 3.05) is 7.11 Å². The predicted molar refractivity (Wildman–Crippen MR) is 73.4 cm³/mol. The van der Waals surface area contributed by atoms with Crippen LogP contribution in [0.25, 0.3) is 0 Å². The van der Waals surface area contributed by atoms with Crippen molar-refractivity contribution in [2.45, 2.75) is 12.8 Å². The summed E-state index contributed by atoms with van der Waals surface area (Å²) in [5.41, 5.74) is 0.901. The lowest BCUT2D eigenvalue weighted by Gasteiger charge is -2.05. The van der Waals surface area contributed by atoms with E-state index in [4.69, 9.17) is 9.47 Å². The summed E-state index contributed by atoms with van der Waals surface area (Å²) in [5, 5.41) is 0. The van der Waals surface area contributed by atoms with Crippen LogP contribution in [-0.2, 0) is 11.2 Å². The minimum Gasteiger partial charge on any atom is -0.497 e. The van der Waals surface area contributed by atoms with Gasteiger partial charge >= 0.3 is 5.97 Å². The molecule has 104 valence electrons. The lowest BCUT2D eigenvalue weighted by atomic mass is 10.1. The van der Waals surface area contributed by atoms with Crippen molar-refractivity contribution in [1.82, 2.24) is 0 Å². The first-order valence-electron chi connectivity index (χ1n) is 6.26. The average Bonchev–Trinajstić information content (AvgIpc) is 2.47. The van der Waals surface area contributed by atoms with Crippen molar-refractivity contribution in [3.63, 3.8) is 0 Å². The molecule has 0 unspecified atom stereocenters. The molecule has 0 aliphatic rings. The molecule has 0 aliphatic carbocycles. The van der Waals surface area contributed by atoms with Gasteiger partial charge in [-0.05, 0) is 48.4 Å². The largest absolute Gasteiger partial charge is 0.497 e. The van der Waals surface area contributed by atoms with Crippen LogP contribution in [0.3, 0.4) is 0 Å². The number of carbonyl (C=O) groups is 1. The van der Waals surface area contributed by atoms with E-state index in [1.165, 1.54) is 12.1 Å². The molecular formula is C16H15FO3. The maximum atomic E-state index is 12.7. The summed E-state index contributed by atoms with van der Waals surface area (Å²) < 4.78 is 22.9. The molecule has 0 heterocycles. The molecule has 3 nitrogen and oxygen atoms in total. The van der Waals surface area contributed by atoms with Gasteiger partial charge in [-0.25, -0.2) is 4.39 Å². The second-order valence-electron chi connectivity index (χ2n) is 4.28. The SMILES string of the molecule is COc1ccc(OC(=O)CCc2ccc(F)cc2)cc1. The molecule has 0 radical (unpaired) electrons. The normalized spacial score (nSPS) is 10.1. The van der Waals surface area contributed by atoms with Crippen molar-refractivity contribution < 1.29 is 18.7 Å². The molecule has 0 aliphatic heterocycles. The second kappa shape index (κ2) is 6.70. The first-order chi connectivity index (χ1) is 9.67. The fraction of sp³-hybridized carbons (Fsp3) is 0.188. The Labute approximate surface area is 117 Å². The van der Waals surface area contributed by atoms with Gasteiger partial charge in [0.25, 0.3) is 0 Å². The second-order valence-corrected chi connectivity index (χ2v) is 4.28. The predicted octanol–water partition coefficient (Wildman–Crippen LogP) is 3.37. The zero-order valence-corrected chi connectivity index (χ0v) is 11.1. The number of hydrogen-bond donors (Lipinski definition) is 0. The molecule has 0 fully saturated rings. The highest BCUT2D eigenvalue weighted by Gasteiger charge is 2.06. The van der Waals surface area contributed by atoms with E-state index in [1.807, 2.05) is 0 Å². The number of benzene rings is 2. The first-order valence-corrected chi connectivity index (χ1v) is 6.26. The molecule has 0 saturated heterocycles. The summed E-state index contributed by atoms with van der Waals surface area (Å²) in [6, 6.07) is 12.9. The summed E-state index contributed by atoms with van der Waals surface area (Å²) in [6.07, 6.45) is 0.771. The maximum absolute atomic E-state index is 12.7. The Kier molecular flexibility index (Phi) is 4.71. The third kappa shape index (κ3) is 4.09. The summed E-state index contributed by atoms with van der Waals surface area (Å²) in [5.74, 6) is 0.583. The standard InChI is InChI=1S/C16H15FO3/c1-19-14-7-9-15(10-8-14)20-16(18)11-4-12-2-5-13(17)6-3-12/h2-3,5-10H,4,11H2,1H3. The molecule has 0 amide bonds. The molecule has 4 heteroatoms. The van der Waals surface area contributed by atoms with Gasteiger partial charge in [0.15, 0.2) is 0 Å². The van der Waals surface area contributed by atoms with Gasteiger partial charge in [-0.15, -0.1) is 0 Å². The quantitative estimate of drug-likeness (QED) is 0.619. The first kappa shape index (κ1) is 14.1. The van der Waals surface area contributed by atoms with Gasteiger partial charge in [-0.3, -0.25) is 4.79 Å². The number of carbonyl (C=O) groups excluding carboxylic acids is 1. The number of rotatable bonds is 5. The average molecular weight is 274 g/mol. The molecule has 20 heavy (non-hydrogen) atoms. The molecular weight excluding hydrogens is 259 g/mol. The third-order valence-corrected chi connectivity index (χ3v) is 2.82. The van der Waals surface area contributed by atoms with E-state index in [1.54, 1.807) is 43.5 Å². The highest BCUT2D eigenvalue weighted by atomic mass is 19.1.